The van der Waals surface area contributed by atoms with Gasteiger partial charge < -0.3 is 4.90 Å². The Bertz CT molecular complexity index is 858. The maximum absolute atomic E-state index is 12.6. The van der Waals surface area contributed by atoms with Crippen LogP contribution in [0.15, 0.2) is 42.6 Å². The molecule has 1 aromatic heterocycles. The van der Waals surface area contributed by atoms with Crippen molar-refractivity contribution in [1.82, 2.24) is 0 Å². The van der Waals surface area contributed by atoms with Crippen LogP contribution in [0, 0.1) is 0 Å². The van der Waals surface area contributed by atoms with Crippen molar-refractivity contribution in [3.05, 3.63) is 53.7 Å². The minimum absolute atomic E-state index is 0.334. The lowest BCUT2D eigenvalue weighted by Crippen LogP contribution is -3.16. The number of piperazine rings is 1. The highest BCUT2D eigenvalue weighted by atomic mass is 16.2. The third-order valence-corrected chi connectivity index (χ3v) is 5.55. The van der Waals surface area contributed by atoms with Crippen LogP contribution in [0.5, 0.6) is 0 Å². The maximum atomic E-state index is 12.6. The molecule has 27 heavy (non-hydrogen) atoms. The minimum Gasteiger partial charge on any atom is -0.311 e. The maximum Gasteiger partial charge on any atom is 0.303 e. The van der Waals surface area contributed by atoms with E-state index in [1.54, 1.807) is 4.90 Å². The van der Waals surface area contributed by atoms with Gasteiger partial charge in [-0.25, -0.2) is 4.98 Å². The summed E-state index contributed by atoms with van der Waals surface area (Å²) in [6.45, 7) is 8.43. The van der Waals surface area contributed by atoms with Gasteiger partial charge in [0.05, 0.1) is 17.4 Å². The Balaban J connectivity index is 1.45. The molecular formula is C21H26N4O2+2. The number of rotatable bonds is 4. The van der Waals surface area contributed by atoms with Crippen molar-refractivity contribution in [2.45, 2.75) is 19.8 Å². The lowest BCUT2D eigenvalue weighted by Gasteiger charge is -2.30. The number of amides is 1. The van der Waals surface area contributed by atoms with Gasteiger partial charge in [0, 0.05) is 6.07 Å². The molecule has 140 valence electrons. The van der Waals surface area contributed by atoms with Gasteiger partial charge in [-0.3, -0.25) is 19.4 Å². The first-order valence-corrected chi connectivity index (χ1v) is 9.60. The number of anilines is 2. The van der Waals surface area contributed by atoms with E-state index in [9.17, 15) is 9.59 Å². The van der Waals surface area contributed by atoms with Crippen molar-refractivity contribution in [1.29, 1.82) is 0 Å². The van der Waals surface area contributed by atoms with E-state index in [0.29, 0.717) is 18.2 Å². The lowest BCUT2D eigenvalue weighted by atomic mass is 9.99. The van der Waals surface area contributed by atoms with Crippen molar-refractivity contribution in [3.63, 3.8) is 0 Å². The Labute approximate surface area is 159 Å². The number of ketones is 1. The van der Waals surface area contributed by atoms with Gasteiger partial charge in [-0.15, -0.1) is 0 Å². The number of fused-ring (bicyclic) bond motifs is 1. The number of Topliss-reactive ketones (excluding diaryl/α,β-unsaturated/α-hetero) is 1. The molecule has 0 aliphatic carbocycles. The number of hydrogen-bond acceptors (Lipinski definition) is 3. The fourth-order valence-electron chi connectivity index (χ4n) is 3.86. The van der Waals surface area contributed by atoms with Gasteiger partial charge >= 0.3 is 5.91 Å². The van der Waals surface area contributed by atoms with Gasteiger partial charge in [0.15, 0.2) is 6.67 Å². The predicted octanol–water partition coefficient (Wildman–Crippen LogP) is 0.516. The number of pyridine rings is 1. The molecule has 3 heterocycles. The number of carbonyl (C=O) groups excluding carboxylic acids is 2. The van der Waals surface area contributed by atoms with Crippen LogP contribution >= 0.6 is 0 Å². The molecule has 0 saturated carbocycles. The van der Waals surface area contributed by atoms with Crippen LogP contribution in [0.2, 0.25) is 0 Å². The summed E-state index contributed by atoms with van der Waals surface area (Å²) in [5.41, 5.74) is 2.42. The van der Waals surface area contributed by atoms with Gasteiger partial charge in [-0.2, -0.15) is 0 Å². The standard InChI is InChI=1S/C21H24N4O2/c1-15(2)16-6-7-18-17(13-16)20(26)21(27)25(18)14-23-9-11-24(12-10-23)19-5-3-4-8-22-19/h3-8,13,15H,9-12,14H2,1-2H3/p+2. The van der Waals surface area contributed by atoms with Crippen molar-refractivity contribution in [2.24, 2.45) is 0 Å². The zero-order valence-corrected chi connectivity index (χ0v) is 15.9. The third kappa shape index (κ3) is 3.32. The van der Waals surface area contributed by atoms with Crippen molar-refractivity contribution in [3.8, 4) is 0 Å². The smallest absolute Gasteiger partial charge is 0.303 e. The summed E-state index contributed by atoms with van der Waals surface area (Å²) in [5.74, 6) is 0.693. The van der Waals surface area contributed by atoms with Crippen LogP contribution in [0.1, 0.15) is 35.7 Å². The van der Waals surface area contributed by atoms with Gasteiger partial charge in [0.1, 0.15) is 26.2 Å². The van der Waals surface area contributed by atoms with Gasteiger partial charge in [-0.1, -0.05) is 26.0 Å². The second-order valence-corrected chi connectivity index (χ2v) is 7.64. The molecule has 0 spiro atoms. The molecule has 2 aliphatic rings. The van der Waals surface area contributed by atoms with E-state index in [2.05, 4.69) is 29.8 Å². The Morgan fingerprint density at radius 1 is 1.11 bits per heavy atom. The van der Waals surface area contributed by atoms with Crippen LogP contribution in [0.4, 0.5) is 11.5 Å². The Hall–Kier alpha value is -2.73. The summed E-state index contributed by atoms with van der Waals surface area (Å²) >= 11 is 0. The third-order valence-electron chi connectivity index (χ3n) is 5.55. The highest BCUT2D eigenvalue weighted by molar-refractivity contribution is 6.52. The lowest BCUT2D eigenvalue weighted by molar-refractivity contribution is -0.899. The topological polar surface area (TPSA) is 59.2 Å². The van der Waals surface area contributed by atoms with E-state index >= 15 is 0 Å². The summed E-state index contributed by atoms with van der Waals surface area (Å²) < 4.78 is 0. The normalized spacial score (nSPS) is 17.7. The van der Waals surface area contributed by atoms with Crippen molar-refractivity contribution < 1.29 is 19.5 Å². The number of aromatic nitrogens is 1. The molecule has 1 amide bonds. The molecule has 4 rings (SSSR count). The number of carbonyl (C=O) groups is 2. The number of H-pyrrole nitrogens is 1. The molecular weight excluding hydrogens is 340 g/mol. The molecule has 0 unspecified atom stereocenters. The summed E-state index contributed by atoms with van der Waals surface area (Å²) in [6.07, 6.45) is 1.94. The summed E-state index contributed by atoms with van der Waals surface area (Å²) in [4.78, 5) is 33.6. The molecule has 2 aliphatic heterocycles. The highest BCUT2D eigenvalue weighted by Crippen LogP contribution is 2.31. The fourth-order valence-corrected chi connectivity index (χ4v) is 3.86. The Kier molecular flexibility index (Phi) is 4.66. The second-order valence-electron chi connectivity index (χ2n) is 7.64. The van der Waals surface area contributed by atoms with Crippen LogP contribution < -0.4 is 19.7 Å². The first kappa shape index (κ1) is 17.7. The average Bonchev–Trinajstić information content (AvgIpc) is 2.93. The van der Waals surface area contributed by atoms with Gasteiger partial charge in [-0.05, 0) is 29.7 Å². The van der Waals surface area contributed by atoms with E-state index in [-0.39, 0.29) is 5.78 Å². The Morgan fingerprint density at radius 2 is 1.89 bits per heavy atom. The summed E-state index contributed by atoms with van der Waals surface area (Å²) in [5, 5.41) is 0. The Morgan fingerprint density at radius 3 is 2.56 bits per heavy atom. The first-order chi connectivity index (χ1) is 13.0. The van der Waals surface area contributed by atoms with E-state index in [4.69, 9.17) is 0 Å². The molecule has 1 saturated heterocycles. The molecule has 1 fully saturated rings. The summed E-state index contributed by atoms with van der Waals surface area (Å²) in [7, 11) is 0. The molecule has 2 N–H and O–H groups in total. The molecule has 0 bridgehead atoms. The van der Waals surface area contributed by atoms with Crippen molar-refractivity contribution >= 4 is 23.2 Å². The van der Waals surface area contributed by atoms with E-state index in [1.165, 1.54) is 4.90 Å². The highest BCUT2D eigenvalue weighted by Gasteiger charge is 2.39. The van der Waals surface area contributed by atoms with E-state index < -0.39 is 5.91 Å². The van der Waals surface area contributed by atoms with Gasteiger partial charge in [0.25, 0.3) is 11.6 Å². The van der Waals surface area contributed by atoms with Crippen LogP contribution in [0.3, 0.4) is 0 Å². The molecule has 1 aromatic carbocycles. The summed E-state index contributed by atoms with van der Waals surface area (Å²) in [6, 6.07) is 11.9. The van der Waals surface area contributed by atoms with E-state index in [1.807, 2.05) is 36.5 Å². The average molecular weight is 366 g/mol. The monoisotopic (exact) mass is 366 g/mol. The number of nitrogens with zero attached hydrogens (tertiary/aromatic N) is 2. The van der Waals surface area contributed by atoms with Crippen LogP contribution in [-0.2, 0) is 4.79 Å². The van der Waals surface area contributed by atoms with Crippen molar-refractivity contribution in [2.75, 3.05) is 42.6 Å². The van der Waals surface area contributed by atoms with Gasteiger partial charge in [0.2, 0.25) is 0 Å². The molecule has 2 aromatic rings. The molecule has 0 atom stereocenters. The number of quaternary nitrogens is 1. The number of nitrogens with one attached hydrogen (secondary N) is 2. The van der Waals surface area contributed by atoms with E-state index in [0.717, 1.165) is 43.2 Å². The zero-order chi connectivity index (χ0) is 19.0. The second kappa shape index (κ2) is 7.12. The quantitative estimate of drug-likeness (QED) is 0.803. The first-order valence-electron chi connectivity index (χ1n) is 9.60. The number of aromatic amines is 1. The van der Waals surface area contributed by atoms with Crippen LogP contribution in [0.25, 0.3) is 0 Å². The zero-order valence-electron chi connectivity index (χ0n) is 15.9. The van der Waals surface area contributed by atoms with Crippen LogP contribution in [-0.4, -0.2) is 44.5 Å². The molecule has 6 heteroatoms. The predicted molar refractivity (Wildman–Crippen MR) is 103 cm³/mol. The molecule has 0 radical (unpaired) electrons. The SMILES string of the molecule is CC(C)c1ccc2c(c1)C(=O)C(=O)N2C[NH+]1CCN(c2cccc[nH+]2)CC1. The minimum atomic E-state index is -0.391. The molecule has 6 nitrogen and oxygen atoms in total. The number of hydrogen-bond donors (Lipinski definition) is 1. The fraction of sp³-hybridized carbons (Fsp3) is 0.381. The largest absolute Gasteiger partial charge is 0.311 e. The number of benzene rings is 1.